The van der Waals surface area contributed by atoms with Crippen molar-refractivity contribution in [1.82, 2.24) is 25.2 Å². The number of tetrazole rings is 1. The number of carbonyl (C=O) groups excluding carboxylic acids is 1. The Hall–Kier alpha value is -3.42. The Morgan fingerprint density at radius 1 is 1.16 bits per heavy atom. The van der Waals surface area contributed by atoms with Crippen molar-refractivity contribution in [1.29, 1.82) is 0 Å². The third-order valence-electron chi connectivity index (χ3n) is 5.95. The van der Waals surface area contributed by atoms with Crippen molar-refractivity contribution in [3.63, 3.8) is 0 Å². The molecule has 0 N–H and O–H groups in total. The molecular weight excluding hydrogens is 407 g/mol. The van der Waals surface area contributed by atoms with Crippen molar-refractivity contribution < 1.29 is 9.18 Å². The molecule has 7 nitrogen and oxygen atoms in total. The molecular formula is C24H27FN6O. The van der Waals surface area contributed by atoms with Gasteiger partial charge in [-0.15, -0.1) is 5.10 Å². The second kappa shape index (κ2) is 9.38. The van der Waals surface area contributed by atoms with Crippen LogP contribution >= 0.6 is 0 Å². The first-order valence-electron chi connectivity index (χ1n) is 11.0. The summed E-state index contributed by atoms with van der Waals surface area (Å²) < 4.78 is 14.0. The normalized spacial score (nSPS) is 14.2. The number of ketones is 1. The molecule has 3 heterocycles. The molecule has 0 bridgehead atoms. The molecule has 0 saturated carbocycles. The van der Waals surface area contributed by atoms with Gasteiger partial charge in [-0.05, 0) is 48.6 Å². The first-order valence-corrected chi connectivity index (χ1v) is 11.0. The van der Waals surface area contributed by atoms with Crippen molar-refractivity contribution in [2.24, 2.45) is 0 Å². The minimum Gasteiger partial charge on any atom is -0.334 e. The van der Waals surface area contributed by atoms with Crippen LogP contribution in [0.3, 0.4) is 0 Å². The van der Waals surface area contributed by atoms with Crippen LogP contribution in [0.4, 0.5) is 10.3 Å². The van der Waals surface area contributed by atoms with E-state index in [1.54, 1.807) is 4.80 Å². The number of hydrogen-bond donors (Lipinski definition) is 0. The summed E-state index contributed by atoms with van der Waals surface area (Å²) in [7, 11) is 0. The highest BCUT2D eigenvalue weighted by molar-refractivity contribution is 5.98. The van der Waals surface area contributed by atoms with Crippen molar-refractivity contribution in [3.8, 4) is 0 Å². The zero-order chi connectivity index (χ0) is 22.7. The van der Waals surface area contributed by atoms with Crippen LogP contribution in [-0.2, 0) is 19.4 Å². The smallest absolute Gasteiger partial charge is 0.266 e. The van der Waals surface area contributed by atoms with Crippen LogP contribution in [0.25, 0.3) is 5.57 Å². The lowest BCUT2D eigenvalue weighted by molar-refractivity contribution is 0.0991. The van der Waals surface area contributed by atoms with Gasteiger partial charge in [-0.1, -0.05) is 41.9 Å². The molecule has 8 heteroatoms. The third kappa shape index (κ3) is 4.44. The SMILES string of the molecule is CCc1c(F)cncc1C(=O)Cc1ccc(C2=C(C)CCN(c3nnn(CC)n3)C2)cc1. The summed E-state index contributed by atoms with van der Waals surface area (Å²) in [4.78, 5) is 20.4. The summed E-state index contributed by atoms with van der Waals surface area (Å²) >= 11 is 0. The molecule has 0 radical (unpaired) electrons. The van der Waals surface area contributed by atoms with Gasteiger partial charge in [0.15, 0.2) is 5.78 Å². The minimum absolute atomic E-state index is 0.120. The average Bonchev–Trinajstić information content (AvgIpc) is 3.29. The lowest BCUT2D eigenvalue weighted by Crippen LogP contribution is -2.31. The van der Waals surface area contributed by atoms with Gasteiger partial charge >= 0.3 is 0 Å². The molecule has 0 amide bonds. The summed E-state index contributed by atoms with van der Waals surface area (Å²) in [5.41, 5.74) is 5.39. The van der Waals surface area contributed by atoms with Crippen molar-refractivity contribution >= 4 is 17.3 Å². The number of anilines is 1. The van der Waals surface area contributed by atoms with Crippen molar-refractivity contribution in [2.45, 2.75) is 46.6 Å². The molecule has 0 atom stereocenters. The van der Waals surface area contributed by atoms with Crippen molar-refractivity contribution in [2.75, 3.05) is 18.0 Å². The van der Waals surface area contributed by atoms with Gasteiger partial charge in [0.2, 0.25) is 0 Å². The lowest BCUT2D eigenvalue weighted by Gasteiger charge is -2.29. The van der Waals surface area contributed by atoms with E-state index in [0.717, 1.165) is 30.3 Å². The molecule has 2 aromatic heterocycles. The topological polar surface area (TPSA) is 76.8 Å². The third-order valence-corrected chi connectivity index (χ3v) is 5.95. The Labute approximate surface area is 187 Å². The molecule has 4 rings (SSSR count). The first kappa shape index (κ1) is 21.8. The molecule has 1 aliphatic heterocycles. The molecule has 3 aromatic rings. The second-order valence-corrected chi connectivity index (χ2v) is 8.01. The van der Waals surface area contributed by atoms with Gasteiger partial charge in [-0.25, -0.2) is 4.39 Å². The summed E-state index contributed by atoms with van der Waals surface area (Å²) in [5, 5.41) is 12.7. The maximum atomic E-state index is 14.0. The largest absolute Gasteiger partial charge is 0.334 e. The van der Waals surface area contributed by atoms with Gasteiger partial charge < -0.3 is 4.90 Å². The minimum atomic E-state index is -0.425. The Bertz CT molecular complexity index is 1150. The van der Waals surface area contributed by atoms with E-state index < -0.39 is 5.82 Å². The van der Waals surface area contributed by atoms with Crippen LogP contribution in [0.1, 0.15) is 54.2 Å². The maximum absolute atomic E-state index is 14.0. The second-order valence-electron chi connectivity index (χ2n) is 8.01. The number of rotatable bonds is 7. The fraction of sp³-hybridized carbons (Fsp3) is 0.375. The number of carbonyl (C=O) groups is 1. The lowest BCUT2D eigenvalue weighted by atomic mass is 9.93. The molecule has 166 valence electrons. The molecule has 0 aliphatic carbocycles. The zero-order valence-corrected chi connectivity index (χ0v) is 18.7. The van der Waals surface area contributed by atoms with Gasteiger partial charge in [-0.2, -0.15) is 4.80 Å². The summed E-state index contributed by atoms with van der Waals surface area (Å²) in [6, 6.07) is 8.03. The zero-order valence-electron chi connectivity index (χ0n) is 18.7. The Kier molecular flexibility index (Phi) is 6.39. The van der Waals surface area contributed by atoms with Crippen LogP contribution < -0.4 is 4.90 Å². The van der Waals surface area contributed by atoms with Crippen molar-refractivity contribution in [3.05, 3.63) is 70.3 Å². The number of Topliss-reactive ketones (excluding diaryl/α,β-unsaturated/α-hetero) is 1. The predicted molar refractivity (Wildman–Crippen MR) is 121 cm³/mol. The number of benzene rings is 1. The summed E-state index contributed by atoms with van der Waals surface area (Å²) in [5.74, 6) is 0.104. The molecule has 0 fully saturated rings. The van der Waals surface area contributed by atoms with Crippen LogP contribution in [0.2, 0.25) is 0 Å². The van der Waals surface area contributed by atoms with Gasteiger partial charge in [0.25, 0.3) is 5.95 Å². The monoisotopic (exact) mass is 434 g/mol. The highest BCUT2D eigenvalue weighted by Crippen LogP contribution is 2.28. The number of hydrogen-bond acceptors (Lipinski definition) is 6. The highest BCUT2D eigenvalue weighted by Gasteiger charge is 2.21. The number of nitrogens with zero attached hydrogens (tertiary/aromatic N) is 6. The van der Waals surface area contributed by atoms with Gasteiger partial charge in [0, 0.05) is 36.8 Å². The Morgan fingerprint density at radius 3 is 2.62 bits per heavy atom. The molecule has 1 aromatic carbocycles. The fourth-order valence-corrected chi connectivity index (χ4v) is 4.03. The van der Waals surface area contributed by atoms with E-state index in [-0.39, 0.29) is 12.2 Å². The van der Waals surface area contributed by atoms with Crippen LogP contribution in [0, 0.1) is 5.82 Å². The van der Waals surface area contributed by atoms with Gasteiger partial charge in [0.05, 0.1) is 12.7 Å². The van der Waals surface area contributed by atoms with E-state index in [2.05, 4.69) is 32.2 Å². The Balaban J connectivity index is 1.49. The molecule has 0 unspecified atom stereocenters. The van der Waals surface area contributed by atoms with Crippen LogP contribution in [0.5, 0.6) is 0 Å². The van der Waals surface area contributed by atoms with Crippen LogP contribution in [0.15, 0.2) is 42.2 Å². The quantitative estimate of drug-likeness (QED) is 0.525. The van der Waals surface area contributed by atoms with E-state index in [0.29, 0.717) is 36.6 Å². The van der Waals surface area contributed by atoms with E-state index in [4.69, 9.17) is 0 Å². The number of aromatic nitrogens is 5. The Morgan fingerprint density at radius 2 is 1.94 bits per heavy atom. The predicted octanol–water partition coefficient (Wildman–Crippen LogP) is 3.90. The fourth-order valence-electron chi connectivity index (χ4n) is 4.03. The maximum Gasteiger partial charge on any atom is 0.266 e. The molecule has 1 aliphatic rings. The average molecular weight is 435 g/mol. The van der Waals surface area contributed by atoms with E-state index in [1.165, 1.54) is 17.3 Å². The first-order chi connectivity index (χ1) is 15.5. The van der Waals surface area contributed by atoms with Gasteiger partial charge in [-0.3, -0.25) is 9.78 Å². The standard InChI is InChI=1S/C24H27FN6O/c1-4-19-20(13-26-14-22(19)25)23(32)12-17-6-8-18(9-7-17)21-15-30(11-10-16(21)3)24-27-29-31(5-2)28-24/h6-9,13-14H,4-5,10-12,15H2,1-3H3. The molecule has 0 saturated heterocycles. The summed E-state index contributed by atoms with van der Waals surface area (Å²) in [6.45, 7) is 8.24. The van der Waals surface area contributed by atoms with Gasteiger partial charge in [0.1, 0.15) is 5.82 Å². The summed E-state index contributed by atoms with van der Waals surface area (Å²) in [6.07, 6.45) is 4.23. The molecule has 0 spiro atoms. The van der Waals surface area contributed by atoms with E-state index >= 15 is 0 Å². The van der Waals surface area contributed by atoms with E-state index in [9.17, 15) is 9.18 Å². The molecule has 32 heavy (non-hydrogen) atoms. The number of halogens is 1. The number of pyridine rings is 1. The van der Waals surface area contributed by atoms with E-state index in [1.807, 2.05) is 38.1 Å². The number of aryl methyl sites for hydroxylation is 1. The highest BCUT2D eigenvalue weighted by atomic mass is 19.1. The van der Waals surface area contributed by atoms with Crippen LogP contribution in [-0.4, -0.2) is 44.1 Å².